The molecule has 0 saturated carbocycles. The second kappa shape index (κ2) is 6.26. The molecule has 2 aromatic carbocycles. The van der Waals surface area contributed by atoms with E-state index in [9.17, 15) is 8.42 Å². The van der Waals surface area contributed by atoms with E-state index in [0.717, 1.165) is 11.1 Å². The maximum Gasteiger partial charge on any atom is 0.243 e. The van der Waals surface area contributed by atoms with Gasteiger partial charge in [-0.25, -0.2) is 13.1 Å². The highest BCUT2D eigenvalue weighted by Gasteiger charge is 2.21. The van der Waals surface area contributed by atoms with Crippen molar-refractivity contribution in [3.05, 3.63) is 59.7 Å². The van der Waals surface area contributed by atoms with Crippen LogP contribution in [0.3, 0.4) is 0 Å². The van der Waals surface area contributed by atoms with Crippen molar-refractivity contribution in [1.82, 2.24) is 4.72 Å². The van der Waals surface area contributed by atoms with Crippen LogP contribution in [-0.4, -0.2) is 8.42 Å². The second-order valence-corrected chi connectivity index (χ2v) is 6.58. The van der Waals surface area contributed by atoms with Crippen LogP contribution in [0.25, 0.3) is 0 Å². The van der Waals surface area contributed by atoms with E-state index in [-0.39, 0.29) is 10.9 Å². The fourth-order valence-corrected chi connectivity index (χ4v) is 3.44. The summed E-state index contributed by atoms with van der Waals surface area (Å²) < 4.78 is 27.6. The van der Waals surface area contributed by atoms with Crippen LogP contribution in [0, 0.1) is 6.92 Å². The molecule has 5 nitrogen and oxygen atoms in total. The molecule has 1 atom stereocenters. The van der Waals surface area contributed by atoms with Gasteiger partial charge in [0, 0.05) is 6.04 Å². The van der Waals surface area contributed by atoms with Crippen molar-refractivity contribution in [3.63, 3.8) is 0 Å². The number of rotatable bonds is 5. The number of anilines is 1. The summed E-state index contributed by atoms with van der Waals surface area (Å²) in [7, 11) is -3.65. The first-order valence-electron chi connectivity index (χ1n) is 6.58. The van der Waals surface area contributed by atoms with Gasteiger partial charge >= 0.3 is 0 Å². The molecule has 0 fully saturated rings. The summed E-state index contributed by atoms with van der Waals surface area (Å²) in [5.41, 5.74) is 4.80. The summed E-state index contributed by atoms with van der Waals surface area (Å²) in [6.07, 6.45) is 0. The topological polar surface area (TPSA) is 84.2 Å². The van der Waals surface area contributed by atoms with Gasteiger partial charge in [0.2, 0.25) is 10.0 Å². The van der Waals surface area contributed by atoms with E-state index in [1.165, 1.54) is 6.07 Å². The highest BCUT2D eigenvalue weighted by Crippen LogP contribution is 2.22. The lowest BCUT2D eigenvalue weighted by Crippen LogP contribution is -2.28. The van der Waals surface area contributed by atoms with Crippen molar-refractivity contribution in [2.75, 3.05) is 5.43 Å². The third kappa shape index (κ3) is 3.60. The van der Waals surface area contributed by atoms with Gasteiger partial charge in [-0.15, -0.1) is 0 Å². The Labute approximate surface area is 125 Å². The smallest absolute Gasteiger partial charge is 0.243 e. The zero-order valence-electron chi connectivity index (χ0n) is 12.0. The Morgan fingerprint density at radius 2 is 1.67 bits per heavy atom. The molecule has 0 radical (unpaired) electrons. The predicted octanol–water partition coefficient (Wildman–Crippen LogP) is 2.32. The van der Waals surface area contributed by atoms with Gasteiger partial charge in [0.05, 0.1) is 5.69 Å². The van der Waals surface area contributed by atoms with Crippen LogP contribution in [0.1, 0.15) is 24.1 Å². The van der Waals surface area contributed by atoms with E-state index in [4.69, 9.17) is 5.84 Å². The number of aryl methyl sites for hydroxylation is 1. The van der Waals surface area contributed by atoms with E-state index >= 15 is 0 Å². The lowest BCUT2D eigenvalue weighted by molar-refractivity contribution is 0.567. The third-order valence-electron chi connectivity index (χ3n) is 3.24. The van der Waals surface area contributed by atoms with E-state index in [2.05, 4.69) is 10.1 Å². The van der Waals surface area contributed by atoms with E-state index in [1.54, 1.807) is 25.1 Å². The van der Waals surface area contributed by atoms with Gasteiger partial charge in [-0.1, -0.05) is 42.0 Å². The number of nitrogens with two attached hydrogens (primary N) is 1. The summed E-state index contributed by atoms with van der Waals surface area (Å²) in [5, 5.41) is 0. The molecule has 0 heterocycles. The van der Waals surface area contributed by atoms with Crippen LogP contribution >= 0.6 is 0 Å². The molecule has 1 unspecified atom stereocenters. The minimum absolute atomic E-state index is 0.131. The minimum Gasteiger partial charge on any atom is -0.323 e. The van der Waals surface area contributed by atoms with Crippen molar-refractivity contribution in [2.24, 2.45) is 5.84 Å². The van der Waals surface area contributed by atoms with Gasteiger partial charge in [-0.05, 0) is 31.5 Å². The summed E-state index contributed by atoms with van der Waals surface area (Å²) in [6.45, 7) is 3.79. The normalized spacial score (nSPS) is 12.9. The average Bonchev–Trinajstić information content (AvgIpc) is 2.47. The van der Waals surface area contributed by atoms with Crippen LogP contribution in [0.4, 0.5) is 5.69 Å². The monoisotopic (exact) mass is 305 g/mol. The number of hydrogen-bond acceptors (Lipinski definition) is 4. The summed E-state index contributed by atoms with van der Waals surface area (Å²) in [5.74, 6) is 5.36. The molecular formula is C15H19N3O2S. The maximum atomic E-state index is 12.5. The molecule has 0 aliphatic rings. The largest absolute Gasteiger partial charge is 0.323 e. The van der Waals surface area contributed by atoms with Crippen molar-refractivity contribution in [3.8, 4) is 0 Å². The fraction of sp³-hybridized carbons (Fsp3) is 0.200. The zero-order chi connectivity index (χ0) is 15.5. The van der Waals surface area contributed by atoms with Gasteiger partial charge in [-0.2, -0.15) is 0 Å². The number of nitrogens with one attached hydrogen (secondary N) is 2. The van der Waals surface area contributed by atoms with Crippen molar-refractivity contribution >= 4 is 15.7 Å². The van der Waals surface area contributed by atoms with Gasteiger partial charge < -0.3 is 5.43 Å². The standard InChI is InChI=1S/C15H19N3O2S/c1-11-7-9-13(10-8-11)12(2)18-21(19,20)15-6-4-3-5-14(15)17-16/h3-10,12,17-18H,16H2,1-2H3. The number of nitrogen functional groups attached to an aromatic ring is 1. The van der Waals surface area contributed by atoms with Crippen molar-refractivity contribution in [1.29, 1.82) is 0 Å². The van der Waals surface area contributed by atoms with Crippen LogP contribution in [0.2, 0.25) is 0 Å². The first kappa shape index (κ1) is 15.5. The molecular weight excluding hydrogens is 286 g/mol. The quantitative estimate of drug-likeness (QED) is 0.584. The van der Waals surface area contributed by atoms with E-state index in [1.807, 2.05) is 31.2 Å². The van der Waals surface area contributed by atoms with Crippen molar-refractivity contribution < 1.29 is 8.42 Å². The van der Waals surface area contributed by atoms with E-state index < -0.39 is 10.0 Å². The molecule has 112 valence electrons. The number of hydrogen-bond donors (Lipinski definition) is 3. The Morgan fingerprint density at radius 3 is 2.29 bits per heavy atom. The molecule has 6 heteroatoms. The molecule has 0 aliphatic carbocycles. The van der Waals surface area contributed by atoms with Gasteiger partial charge in [0.1, 0.15) is 4.90 Å². The summed E-state index contributed by atoms with van der Waals surface area (Å²) in [4.78, 5) is 0.131. The van der Waals surface area contributed by atoms with Gasteiger partial charge in [0.25, 0.3) is 0 Å². The Balaban J connectivity index is 2.26. The Hall–Kier alpha value is -1.89. The van der Waals surface area contributed by atoms with Crippen molar-refractivity contribution in [2.45, 2.75) is 24.8 Å². The molecule has 2 rings (SSSR count). The Morgan fingerprint density at radius 1 is 1.05 bits per heavy atom. The lowest BCUT2D eigenvalue weighted by Gasteiger charge is -2.16. The lowest BCUT2D eigenvalue weighted by atomic mass is 10.1. The molecule has 4 N–H and O–H groups in total. The van der Waals surface area contributed by atoms with Gasteiger partial charge in [-0.3, -0.25) is 5.84 Å². The summed E-state index contributed by atoms with van der Waals surface area (Å²) >= 11 is 0. The summed E-state index contributed by atoms with van der Waals surface area (Å²) in [6, 6.07) is 13.9. The Bertz CT molecular complexity index is 712. The number of benzene rings is 2. The fourth-order valence-electron chi connectivity index (χ4n) is 2.04. The van der Waals surface area contributed by atoms with E-state index in [0.29, 0.717) is 5.69 Å². The highest BCUT2D eigenvalue weighted by molar-refractivity contribution is 7.89. The zero-order valence-corrected chi connectivity index (χ0v) is 12.8. The first-order chi connectivity index (χ1) is 9.94. The molecule has 0 aliphatic heterocycles. The molecule has 2 aromatic rings. The highest BCUT2D eigenvalue weighted by atomic mass is 32.2. The number of hydrazine groups is 1. The van der Waals surface area contributed by atoms with Crippen LogP contribution < -0.4 is 16.0 Å². The number of para-hydroxylation sites is 1. The predicted molar refractivity (Wildman–Crippen MR) is 84.2 cm³/mol. The third-order valence-corrected chi connectivity index (χ3v) is 4.84. The first-order valence-corrected chi connectivity index (χ1v) is 8.07. The molecule has 0 spiro atoms. The molecule has 0 aromatic heterocycles. The molecule has 0 saturated heterocycles. The SMILES string of the molecule is Cc1ccc(C(C)NS(=O)(=O)c2ccccc2NN)cc1. The number of sulfonamides is 1. The second-order valence-electron chi connectivity index (χ2n) is 4.89. The molecule has 0 amide bonds. The van der Waals surface area contributed by atoms with Gasteiger partial charge in [0.15, 0.2) is 0 Å². The minimum atomic E-state index is -3.65. The van der Waals surface area contributed by atoms with Crippen LogP contribution in [-0.2, 0) is 10.0 Å². The van der Waals surface area contributed by atoms with Crippen LogP contribution in [0.5, 0.6) is 0 Å². The maximum absolute atomic E-state index is 12.5. The molecule has 0 bridgehead atoms. The average molecular weight is 305 g/mol. The van der Waals surface area contributed by atoms with Crippen LogP contribution in [0.15, 0.2) is 53.4 Å². The molecule has 21 heavy (non-hydrogen) atoms. The Kier molecular flexibility index (Phi) is 4.62.